The van der Waals surface area contributed by atoms with Crippen LogP contribution in [0.4, 0.5) is 0 Å². The predicted octanol–water partition coefficient (Wildman–Crippen LogP) is 1.25. The number of hydrogen-bond donors (Lipinski definition) is 3. The van der Waals surface area contributed by atoms with Crippen LogP contribution in [0.3, 0.4) is 0 Å². The highest BCUT2D eigenvalue weighted by Crippen LogP contribution is 2.19. The monoisotopic (exact) mass is 273 g/mol. The van der Waals surface area contributed by atoms with E-state index < -0.39 is 0 Å². The molecule has 0 fully saturated rings. The van der Waals surface area contributed by atoms with Crippen molar-refractivity contribution in [3.05, 3.63) is 59.4 Å². The number of aromatic nitrogens is 1. The fourth-order valence-corrected chi connectivity index (χ4v) is 1.76. The third-order valence-electron chi connectivity index (χ3n) is 2.77. The molecule has 2 aromatic rings. The zero-order valence-corrected chi connectivity index (χ0v) is 10.7. The Labute approximate surface area is 116 Å². The maximum absolute atomic E-state index is 9.23. The fourth-order valence-electron chi connectivity index (χ4n) is 1.76. The van der Waals surface area contributed by atoms with Gasteiger partial charge in [0.05, 0.1) is 6.61 Å². The van der Waals surface area contributed by atoms with E-state index >= 15 is 0 Å². The number of aliphatic hydroxyl groups excluding tert-OH is 1. The van der Waals surface area contributed by atoms with Gasteiger partial charge in [0.2, 0.25) is 0 Å². The van der Waals surface area contributed by atoms with Gasteiger partial charge in [0, 0.05) is 17.3 Å². The lowest BCUT2D eigenvalue weighted by molar-refractivity contribution is 0.259. The van der Waals surface area contributed by atoms with E-state index in [0.717, 1.165) is 0 Å². The first-order valence-corrected chi connectivity index (χ1v) is 5.99. The summed E-state index contributed by atoms with van der Waals surface area (Å²) in [6.07, 6.45) is 1.55. The summed E-state index contributed by atoms with van der Waals surface area (Å²) in [4.78, 5) is 4.06. The van der Waals surface area contributed by atoms with E-state index in [0.29, 0.717) is 22.6 Å². The van der Waals surface area contributed by atoms with Gasteiger partial charge in [0.15, 0.2) is 5.84 Å². The molecular formula is C14H15N3O3. The van der Waals surface area contributed by atoms with Crippen LogP contribution < -0.4 is 10.5 Å². The number of ether oxygens (including phenoxy) is 1. The van der Waals surface area contributed by atoms with Crippen LogP contribution in [-0.2, 0) is 13.2 Å². The van der Waals surface area contributed by atoms with Crippen molar-refractivity contribution in [1.29, 1.82) is 0 Å². The zero-order chi connectivity index (χ0) is 14.4. The van der Waals surface area contributed by atoms with Crippen molar-refractivity contribution in [1.82, 2.24) is 4.98 Å². The molecule has 1 heterocycles. The number of benzene rings is 1. The topological polar surface area (TPSA) is 101 Å². The van der Waals surface area contributed by atoms with Crippen LogP contribution in [0.15, 0.2) is 47.8 Å². The second kappa shape index (κ2) is 6.53. The van der Waals surface area contributed by atoms with Crippen LogP contribution in [0.1, 0.15) is 16.8 Å². The van der Waals surface area contributed by atoms with Gasteiger partial charge in [-0.3, -0.25) is 4.98 Å². The first kappa shape index (κ1) is 13.8. The summed E-state index contributed by atoms with van der Waals surface area (Å²) in [5.74, 6) is 0.518. The quantitative estimate of drug-likeness (QED) is 0.329. The van der Waals surface area contributed by atoms with Crippen LogP contribution >= 0.6 is 0 Å². The summed E-state index contributed by atoms with van der Waals surface area (Å²) in [5.41, 5.74) is 7.32. The number of para-hydroxylation sites is 1. The van der Waals surface area contributed by atoms with E-state index in [1.165, 1.54) is 0 Å². The van der Waals surface area contributed by atoms with Gasteiger partial charge in [0.1, 0.15) is 18.1 Å². The Morgan fingerprint density at radius 3 is 2.70 bits per heavy atom. The number of amidine groups is 1. The predicted molar refractivity (Wildman–Crippen MR) is 73.4 cm³/mol. The number of aliphatic hydroxyl groups is 1. The van der Waals surface area contributed by atoms with E-state index in [9.17, 15) is 5.11 Å². The smallest absolute Gasteiger partial charge is 0.189 e. The van der Waals surface area contributed by atoms with Gasteiger partial charge >= 0.3 is 0 Å². The van der Waals surface area contributed by atoms with Gasteiger partial charge in [-0.25, -0.2) is 0 Å². The van der Waals surface area contributed by atoms with Gasteiger partial charge in [0.25, 0.3) is 0 Å². The normalized spacial score (nSPS) is 11.3. The van der Waals surface area contributed by atoms with E-state index in [4.69, 9.17) is 15.7 Å². The fraction of sp³-hybridized carbons (Fsp3) is 0.143. The average molecular weight is 273 g/mol. The van der Waals surface area contributed by atoms with Crippen molar-refractivity contribution >= 4 is 5.84 Å². The Hall–Kier alpha value is -2.60. The lowest BCUT2D eigenvalue weighted by Crippen LogP contribution is -2.18. The molecule has 0 radical (unpaired) electrons. The van der Waals surface area contributed by atoms with Crippen LogP contribution in [0.25, 0.3) is 0 Å². The molecule has 0 aliphatic rings. The molecule has 20 heavy (non-hydrogen) atoms. The van der Waals surface area contributed by atoms with Crippen LogP contribution in [0, 0.1) is 0 Å². The molecule has 6 heteroatoms. The minimum absolute atomic E-state index is 0.0698. The number of nitrogens with two attached hydrogens (primary N) is 1. The summed E-state index contributed by atoms with van der Waals surface area (Å²) in [5, 5.41) is 20.9. The van der Waals surface area contributed by atoms with Gasteiger partial charge < -0.3 is 20.8 Å². The maximum atomic E-state index is 9.23. The number of oxime groups is 1. The largest absolute Gasteiger partial charge is 0.488 e. The molecule has 0 atom stereocenters. The molecular weight excluding hydrogens is 258 g/mol. The molecule has 0 saturated heterocycles. The lowest BCUT2D eigenvalue weighted by atomic mass is 10.2. The van der Waals surface area contributed by atoms with Crippen LogP contribution in [-0.4, -0.2) is 21.1 Å². The zero-order valence-electron chi connectivity index (χ0n) is 10.7. The van der Waals surface area contributed by atoms with E-state index in [2.05, 4.69) is 10.1 Å². The summed E-state index contributed by atoms with van der Waals surface area (Å²) in [6.45, 7) is 0.104. The van der Waals surface area contributed by atoms with Gasteiger partial charge in [-0.2, -0.15) is 0 Å². The second-order valence-corrected chi connectivity index (χ2v) is 4.05. The molecule has 0 bridgehead atoms. The van der Waals surface area contributed by atoms with E-state index in [1.807, 2.05) is 12.1 Å². The molecule has 6 nitrogen and oxygen atoms in total. The summed E-state index contributed by atoms with van der Waals surface area (Å²) in [6, 6.07) is 10.7. The standard InChI is InChI=1S/C14H15N3O3/c15-14(17-19)13-11(5-3-7-16-13)9-20-12-6-2-1-4-10(12)8-18/h1-7,18-19H,8-9H2,(H2,15,17). The molecule has 104 valence electrons. The highest BCUT2D eigenvalue weighted by molar-refractivity contribution is 5.96. The number of pyridine rings is 1. The average Bonchev–Trinajstić information content (AvgIpc) is 2.52. The van der Waals surface area contributed by atoms with Crippen molar-refractivity contribution in [3.63, 3.8) is 0 Å². The van der Waals surface area contributed by atoms with Crippen molar-refractivity contribution < 1.29 is 15.1 Å². The van der Waals surface area contributed by atoms with Gasteiger partial charge in [-0.1, -0.05) is 29.4 Å². The highest BCUT2D eigenvalue weighted by atomic mass is 16.5. The van der Waals surface area contributed by atoms with Crippen molar-refractivity contribution in [2.45, 2.75) is 13.2 Å². The van der Waals surface area contributed by atoms with Crippen molar-refractivity contribution in [2.24, 2.45) is 10.9 Å². The Morgan fingerprint density at radius 2 is 1.95 bits per heavy atom. The first-order chi connectivity index (χ1) is 9.76. The van der Waals surface area contributed by atoms with Gasteiger partial charge in [-0.15, -0.1) is 0 Å². The molecule has 2 rings (SSSR count). The molecule has 0 aliphatic heterocycles. The Bertz CT molecular complexity index is 614. The summed E-state index contributed by atoms with van der Waals surface area (Å²) >= 11 is 0. The Kier molecular flexibility index (Phi) is 4.52. The minimum Gasteiger partial charge on any atom is -0.488 e. The molecule has 0 spiro atoms. The molecule has 0 amide bonds. The molecule has 1 aromatic carbocycles. The lowest BCUT2D eigenvalue weighted by Gasteiger charge is -2.11. The van der Waals surface area contributed by atoms with E-state index in [-0.39, 0.29) is 19.0 Å². The highest BCUT2D eigenvalue weighted by Gasteiger charge is 2.09. The third-order valence-corrected chi connectivity index (χ3v) is 2.77. The molecule has 0 aliphatic carbocycles. The number of nitrogens with zero attached hydrogens (tertiary/aromatic N) is 2. The number of rotatable bonds is 5. The Morgan fingerprint density at radius 1 is 1.20 bits per heavy atom. The molecule has 0 unspecified atom stereocenters. The first-order valence-electron chi connectivity index (χ1n) is 5.99. The SMILES string of the molecule is NC(=NO)c1ncccc1COc1ccccc1CO. The van der Waals surface area contributed by atoms with Crippen LogP contribution in [0.2, 0.25) is 0 Å². The summed E-state index contributed by atoms with van der Waals surface area (Å²) < 4.78 is 5.66. The minimum atomic E-state index is -0.101. The van der Waals surface area contributed by atoms with Gasteiger partial charge in [-0.05, 0) is 12.1 Å². The molecule has 4 N–H and O–H groups in total. The second-order valence-electron chi connectivity index (χ2n) is 4.05. The summed E-state index contributed by atoms with van der Waals surface area (Å²) in [7, 11) is 0. The van der Waals surface area contributed by atoms with Crippen LogP contribution in [0.5, 0.6) is 5.75 Å². The number of hydrogen-bond acceptors (Lipinski definition) is 5. The third kappa shape index (κ3) is 3.04. The molecule has 0 saturated carbocycles. The van der Waals surface area contributed by atoms with E-state index in [1.54, 1.807) is 30.5 Å². The molecule has 1 aromatic heterocycles. The van der Waals surface area contributed by atoms with Crippen molar-refractivity contribution in [2.75, 3.05) is 0 Å². The maximum Gasteiger partial charge on any atom is 0.189 e. The van der Waals surface area contributed by atoms with Crippen molar-refractivity contribution in [3.8, 4) is 5.75 Å². The Balaban J connectivity index is 2.19.